The van der Waals surface area contributed by atoms with Crippen LogP contribution in [0.5, 0.6) is 5.75 Å². The van der Waals surface area contributed by atoms with Crippen LogP contribution >= 0.6 is 0 Å². The number of piperazine rings is 1. The van der Waals surface area contributed by atoms with Crippen LogP contribution in [0.1, 0.15) is 18.1 Å². The highest BCUT2D eigenvalue weighted by atomic mass is 16.5. The number of ether oxygens (including phenoxy) is 1. The first-order chi connectivity index (χ1) is 14.9. The van der Waals surface area contributed by atoms with E-state index >= 15 is 0 Å². The number of hydrogen-bond acceptors (Lipinski definition) is 5. The summed E-state index contributed by atoms with van der Waals surface area (Å²) in [5.41, 5.74) is 3.84. The molecule has 31 heavy (non-hydrogen) atoms. The fourth-order valence-corrected chi connectivity index (χ4v) is 3.70. The van der Waals surface area contributed by atoms with E-state index in [0.717, 1.165) is 48.7 Å². The summed E-state index contributed by atoms with van der Waals surface area (Å²) in [7, 11) is 1.60. The highest BCUT2D eigenvalue weighted by molar-refractivity contribution is 5.95. The number of nitrogens with one attached hydrogen (secondary N) is 2. The Morgan fingerprint density at radius 2 is 1.74 bits per heavy atom. The molecule has 2 amide bonds. The van der Waals surface area contributed by atoms with E-state index in [9.17, 15) is 9.59 Å². The summed E-state index contributed by atoms with van der Waals surface area (Å²) in [4.78, 5) is 29.4. The minimum atomic E-state index is -0.253. The van der Waals surface area contributed by atoms with Crippen LogP contribution in [-0.2, 0) is 9.59 Å². The predicted octanol–water partition coefficient (Wildman–Crippen LogP) is 2.90. The molecule has 3 rings (SSSR count). The quantitative estimate of drug-likeness (QED) is 0.715. The Bertz CT molecular complexity index is 923. The van der Waals surface area contributed by atoms with Crippen LogP contribution in [0.2, 0.25) is 0 Å². The van der Waals surface area contributed by atoms with Crippen molar-refractivity contribution in [1.82, 2.24) is 9.80 Å². The van der Waals surface area contributed by atoms with Crippen molar-refractivity contribution >= 4 is 23.2 Å². The number of aryl methyl sites for hydroxylation is 1. The van der Waals surface area contributed by atoms with Gasteiger partial charge in [0.2, 0.25) is 11.8 Å². The second-order valence-corrected chi connectivity index (χ2v) is 8.00. The Morgan fingerprint density at radius 3 is 2.45 bits per heavy atom. The summed E-state index contributed by atoms with van der Waals surface area (Å²) >= 11 is 0. The number of anilines is 2. The molecule has 2 N–H and O–H groups in total. The Labute approximate surface area is 184 Å². The lowest BCUT2D eigenvalue weighted by Crippen LogP contribution is -2.53. The molecule has 7 heteroatoms. The van der Waals surface area contributed by atoms with Gasteiger partial charge < -0.3 is 15.4 Å². The van der Waals surface area contributed by atoms with Crippen LogP contribution in [-0.4, -0.2) is 67.5 Å². The summed E-state index contributed by atoms with van der Waals surface area (Å²) in [5.74, 6) is 0.651. The van der Waals surface area contributed by atoms with Crippen LogP contribution in [0.3, 0.4) is 0 Å². The second-order valence-electron chi connectivity index (χ2n) is 8.00. The average Bonchev–Trinajstić information content (AvgIpc) is 2.77. The van der Waals surface area contributed by atoms with Crippen LogP contribution in [0, 0.1) is 13.8 Å². The van der Waals surface area contributed by atoms with Gasteiger partial charge >= 0.3 is 0 Å². The molecule has 2 aromatic carbocycles. The molecule has 7 nitrogen and oxygen atoms in total. The number of carbonyl (C=O) groups excluding carboxylic acids is 2. The summed E-state index contributed by atoms with van der Waals surface area (Å²) in [6, 6.07) is 13.0. The molecule has 1 heterocycles. The van der Waals surface area contributed by atoms with Crippen molar-refractivity contribution in [1.29, 1.82) is 0 Å². The van der Waals surface area contributed by atoms with Crippen molar-refractivity contribution in [3.8, 4) is 5.75 Å². The van der Waals surface area contributed by atoms with Gasteiger partial charge in [-0.25, -0.2) is 0 Å². The molecule has 1 aliphatic heterocycles. The smallest absolute Gasteiger partial charge is 0.241 e. The van der Waals surface area contributed by atoms with Gasteiger partial charge in [-0.3, -0.25) is 19.4 Å². The zero-order chi connectivity index (χ0) is 22.4. The highest BCUT2D eigenvalue weighted by Crippen LogP contribution is 2.19. The Kier molecular flexibility index (Phi) is 7.65. The molecule has 1 saturated heterocycles. The van der Waals surface area contributed by atoms with Crippen molar-refractivity contribution in [3.05, 3.63) is 53.6 Å². The normalized spacial score (nSPS) is 15.9. The number of hydrogen-bond donors (Lipinski definition) is 2. The van der Waals surface area contributed by atoms with E-state index < -0.39 is 0 Å². The zero-order valence-electron chi connectivity index (χ0n) is 18.8. The standard InChI is InChI=1S/C24H32N4O3/c1-17-7-5-10-22(18(17)2)26-23(29)16-27-11-13-28(14-12-27)19(3)24(30)25-20-8-6-9-21(15-20)31-4/h5-10,15,19H,11-14,16H2,1-4H3,(H,25,30)(H,26,29)/t19-/m0/s1. The van der Waals surface area contributed by atoms with Gasteiger partial charge in [-0.15, -0.1) is 0 Å². The van der Waals surface area contributed by atoms with Crippen molar-refractivity contribution in [2.24, 2.45) is 0 Å². The van der Waals surface area contributed by atoms with Crippen LogP contribution in [0.25, 0.3) is 0 Å². The number of methoxy groups -OCH3 is 1. The summed E-state index contributed by atoms with van der Waals surface area (Å²) in [6.07, 6.45) is 0. The SMILES string of the molecule is COc1cccc(NC(=O)[C@H](C)N2CCN(CC(=O)Nc3cccc(C)c3C)CC2)c1. The van der Waals surface area contributed by atoms with E-state index in [2.05, 4.69) is 20.4 Å². The lowest BCUT2D eigenvalue weighted by atomic mass is 10.1. The maximum Gasteiger partial charge on any atom is 0.241 e. The van der Waals surface area contributed by atoms with E-state index in [1.54, 1.807) is 13.2 Å². The first-order valence-corrected chi connectivity index (χ1v) is 10.6. The third-order valence-corrected chi connectivity index (χ3v) is 5.92. The van der Waals surface area contributed by atoms with E-state index in [1.165, 1.54) is 0 Å². The maximum absolute atomic E-state index is 12.7. The van der Waals surface area contributed by atoms with Crippen molar-refractivity contribution in [2.45, 2.75) is 26.8 Å². The monoisotopic (exact) mass is 424 g/mol. The Hall–Kier alpha value is -2.90. The molecule has 1 aliphatic rings. The van der Waals surface area contributed by atoms with Gasteiger partial charge in [-0.1, -0.05) is 18.2 Å². The van der Waals surface area contributed by atoms with Crippen molar-refractivity contribution < 1.29 is 14.3 Å². The van der Waals surface area contributed by atoms with Crippen LogP contribution < -0.4 is 15.4 Å². The minimum Gasteiger partial charge on any atom is -0.497 e. The van der Waals surface area contributed by atoms with Gasteiger partial charge in [-0.2, -0.15) is 0 Å². The number of rotatable bonds is 7. The molecule has 0 saturated carbocycles. The molecule has 166 valence electrons. The third kappa shape index (κ3) is 6.06. The third-order valence-electron chi connectivity index (χ3n) is 5.92. The molecule has 0 aliphatic carbocycles. The lowest BCUT2D eigenvalue weighted by Gasteiger charge is -2.37. The van der Waals surface area contributed by atoms with E-state index in [-0.39, 0.29) is 17.9 Å². The van der Waals surface area contributed by atoms with Crippen molar-refractivity contribution in [2.75, 3.05) is 50.5 Å². The molecule has 0 unspecified atom stereocenters. The van der Waals surface area contributed by atoms with Gasteiger partial charge in [0.05, 0.1) is 19.7 Å². The predicted molar refractivity (Wildman–Crippen MR) is 124 cm³/mol. The molecule has 0 radical (unpaired) electrons. The van der Waals surface area contributed by atoms with Crippen molar-refractivity contribution in [3.63, 3.8) is 0 Å². The molecule has 0 aromatic heterocycles. The van der Waals surface area contributed by atoms with Crippen LogP contribution in [0.15, 0.2) is 42.5 Å². The summed E-state index contributed by atoms with van der Waals surface area (Å²) in [5, 5.41) is 5.97. The number of amides is 2. The minimum absolute atomic E-state index is 0.00836. The Morgan fingerprint density at radius 1 is 1.03 bits per heavy atom. The zero-order valence-corrected chi connectivity index (χ0v) is 18.8. The number of carbonyl (C=O) groups is 2. The maximum atomic E-state index is 12.7. The molecule has 0 bridgehead atoms. The molecule has 1 atom stereocenters. The average molecular weight is 425 g/mol. The molecule has 1 fully saturated rings. The van der Waals surface area contributed by atoms with E-state index in [0.29, 0.717) is 12.3 Å². The first-order valence-electron chi connectivity index (χ1n) is 10.6. The fourth-order valence-electron chi connectivity index (χ4n) is 3.70. The lowest BCUT2D eigenvalue weighted by molar-refractivity contribution is -0.122. The Balaban J connectivity index is 1.46. The molecule has 0 spiro atoms. The molecular weight excluding hydrogens is 392 g/mol. The van der Waals surface area contributed by atoms with Gasteiger partial charge in [0.1, 0.15) is 5.75 Å². The number of benzene rings is 2. The van der Waals surface area contributed by atoms with E-state index in [1.807, 2.05) is 57.2 Å². The fraction of sp³-hybridized carbons (Fsp3) is 0.417. The van der Waals surface area contributed by atoms with Crippen LogP contribution in [0.4, 0.5) is 11.4 Å². The molecule has 2 aromatic rings. The number of nitrogens with zero attached hydrogens (tertiary/aromatic N) is 2. The van der Waals surface area contributed by atoms with Gasteiger partial charge in [-0.05, 0) is 50.1 Å². The van der Waals surface area contributed by atoms with Gasteiger partial charge in [0, 0.05) is 43.6 Å². The summed E-state index contributed by atoms with van der Waals surface area (Å²) in [6.45, 7) is 9.29. The summed E-state index contributed by atoms with van der Waals surface area (Å²) < 4.78 is 5.21. The van der Waals surface area contributed by atoms with E-state index in [4.69, 9.17) is 4.74 Å². The topological polar surface area (TPSA) is 73.9 Å². The molecular formula is C24H32N4O3. The van der Waals surface area contributed by atoms with Gasteiger partial charge in [0.25, 0.3) is 0 Å². The second kappa shape index (κ2) is 10.4. The first kappa shape index (κ1) is 22.8. The highest BCUT2D eigenvalue weighted by Gasteiger charge is 2.26. The largest absolute Gasteiger partial charge is 0.497 e. The van der Waals surface area contributed by atoms with Gasteiger partial charge in [0.15, 0.2) is 0 Å².